The van der Waals surface area contributed by atoms with E-state index >= 15 is 0 Å². The van der Waals surface area contributed by atoms with E-state index in [1.54, 1.807) is 6.07 Å². The van der Waals surface area contributed by atoms with Crippen molar-refractivity contribution in [2.24, 2.45) is 0 Å². The molecule has 0 aliphatic heterocycles. The molecular weight excluding hydrogens is 310 g/mol. The predicted molar refractivity (Wildman–Crippen MR) is 91.8 cm³/mol. The van der Waals surface area contributed by atoms with Crippen LogP contribution in [0.2, 0.25) is 0 Å². The third kappa shape index (κ3) is 3.33. The Morgan fingerprint density at radius 3 is 2.52 bits per heavy atom. The van der Waals surface area contributed by atoms with E-state index in [9.17, 15) is 8.42 Å². The Morgan fingerprint density at radius 2 is 1.78 bits per heavy atom. The van der Waals surface area contributed by atoms with E-state index in [0.717, 1.165) is 5.56 Å². The number of nitrogens with one attached hydrogen (secondary N) is 2. The third-order valence-electron chi connectivity index (χ3n) is 3.66. The van der Waals surface area contributed by atoms with Crippen LogP contribution >= 0.6 is 0 Å². The average molecular weight is 327 g/mol. The Kier molecular flexibility index (Phi) is 4.27. The van der Waals surface area contributed by atoms with Gasteiger partial charge in [0.25, 0.3) is 0 Å². The van der Waals surface area contributed by atoms with Crippen LogP contribution in [0.15, 0.2) is 65.7 Å². The third-order valence-corrected chi connectivity index (χ3v) is 5.05. The maximum absolute atomic E-state index is 11.7. The van der Waals surface area contributed by atoms with Crippen LogP contribution in [0, 0.1) is 0 Å². The number of anilines is 1. The molecule has 3 rings (SSSR count). The quantitative estimate of drug-likeness (QED) is 0.756. The second-order valence-electron chi connectivity index (χ2n) is 5.08. The summed E-state index contributed by atoms with van der Waals surface area (Å²) in [5, 5.41) is 5.60. The zero-order valence-electron chi connectivity index (χ0n) is 12.7. The highest BCUT2D eigenvalue weighted by atomic mass is 32.2. The molecule has 0 aliphatic rings. The number of hydrogen-bond acceptors (Lipinski definition) is 4. The molecular formula is C17H17N3O2S. The molecule has 2 aromatic carbocycles. The van der Waals surface area contributed by atoms with Gasteiger partial charge < -0.3 is 5.32 Å². The lowest BCUT2D eigenvalue weighted by Gasteiger charge is -2.09. The first-order valence-corrected chi connectivity index (χ1v) is 8.68. The van der Waals surface area contributed by atoms with Gasteiger partial charge in [-0.1, -0.05) is 42.5 Å². The summed E-state index contributed by atoms with van der Waals surface area (Å²) in [7, 11) is -2.07. The molecule has 0 aliphatic carbocycles. The van der Waals surface area contributed by atoms with Crippen LogP contribution in [0.5, 0.6) is 0 Å². The van der Waals surface area contributed by atoms with Crippen LogP contribution in [-0.4, -0.2) is 20.4 Å². The minimum Gasteiger partial charge on any atom is -0.366 e. The Hall–Kier alpha value is -2.44. The molecule has 3 aromatic rings. The number of hydrogen-bond donors (Lipinski definition) is 2. The Bertz CT molecular complexity index is 917. The monoisotopic (exact) mass is 327 g/mol. The van der Waals surface area contributed by atoms with Gasteiger partial charge in [0.1, 0.15) is 10.7 Å². The van der Waals surface area contributed by atoms with E-state index in [2.05, 4.69) is 39.3 Å². The number of pyridine rings is 1. The van der Waals surface area contributed by atoms with E-state index in [1.165, 1.54) is 30.1 Å². The number of benzene rings is 2. The zero-order chi connectivity index (χ0) is 16.3. The van der Waals surface area contributed by atoms with Gasteiger partial charge in [0.2, 0.25) is 10.0 Å². The number of sulfonamides is 1. The van der Waals surface area contributed by atoms with Crippen LogP contribution in [0.3, 0.4) is 0 Å². The van der Waals surface area contributed by atoms with Crippen LogP contribution in [-0.2, 0) is 16.6 Å². The van der Waals surface area contributed by atoms with Crippen LogP contribution in [0.1, 0.15) is 5.56 Å². The van der Waals surface area contributed by atoms with Gasteiger partial charge in [-0.3, -0.25) is 0 Å². The van der Waals surface area contributed by atoms with E-state index < -0.39 is 10.0 Å². The van der Waals surface area contributed by atoms with E-state index in [0.29, 0.717) is 12.4 Å². The lowest BCUT2D eigenvalue weighted by molar-refractivity contribution is 0.588. The van der Waals surface area contributed by atoms with Gasteiger partial charge in [0.05, 0.1) is 0 Å². The van der Waals surface area contributed by atoms with Gasteiger partial charge in [-0.05, 0) is 35.5 Å². The lowest BCUT2D eigenvalue weighted by atomic mass is 10.0. The van der Waals surface area contributed by atoms with Gasteiger partial charge in [-0.2, -0.15) is 0 Å². The maximum atomic E-state index is 11.7. The maximum Gasteiger partial charge on any atom is 0.241 e. The van der Waals surface area contributed by atoms with E-state index in [-0.39, 0.29) is 4.90 Å². The fourth-order valence-corrected chi connectivity index (χ4v) is 3.07. The van der Waals surface area contributed by atoms with Crippen molar-refractivity contribution >= 4 is 26.6 Å². The molecule has 2 N–H and O–H groups in total. The first-order chi connectivity index (χ1) is 11.1. The molecule has 5 nitrogen and oxygen atoms in total. The Morgan fingerprint density at radius 1 is 1.00 bits per heavy atom. The largest absolute Gasteiger partial charge is 0.366 e. The molecule has 0 saturated heterocycles. The highest BCUT2D eigenvalue weighted by molar-refractivity contribution is 7.89. The van der Waals surface area contributed by atoms with Gasteiger partial charge in [0, 0.05) is 12.7 Å². The number of fused-ring (bicyclic) bond motifs is 1. The number of nitrogens with zero attached hydrogens (tertiary/aromatic N) is 1. The highest BCUT2D eigenvalue weighted by Gasteiger charge is 2.11. The minimum absolute atomic E-state index is 0.149. The van der Waals surface area contributed by atoms with Gasteiger partial charge >= 0.3 is 0 Å². The van der Waals surface area contributed by atoms with Crippen molar-refractivity contribution in [1.29, 1.82) is 0 Å². The smallest absolute Gasteiger partial charge is 0.241 e. The second-order valence-corrected chi connectivity index (χ2v) is 6.97. The fourth-order valence-electron chi connectivity index (χ4n) is 2.39. The van der Waals surface area contributed by atoms with Crippen molar-refractivity contribution in [3.05, 3.63) is 66.4 Å². The summed E-state index contributed by atoms with van der Waals surface area (Å²) in [4.78, 5) is 4.31. The fraction of sp³-hybridized carbons (Fsp3) is 0.118. The SMILES string of the molecule is CNS(=O)(=O)c1ccc(NCc2cccc3ccccc23)nc1. The summed E-state index contributed by atoms with van der Waals surface area (Å²) < 4.78 is 25.6. The van der Waals surface area contributed by atoms with Crippen molar-refractivity contribution < 1.29 is 8.42 Å². The molecule has 0 fully saturated rings. The van der Waals surface area contributed by atoms with Crippen molar-refractivity contribution in [3.63, 3.8) is 0 Å². The first kappa shape index (κ1) is 15.5. The molecule has 0 atom stereocenters. The molecule has 0 amide bonds. The lowest BCUT2D eigenvalue weighted by Crippen LogP contribution is -2.18. The standard InChI is InChI=1S/C17H17N3O2S/c1-18-23(21,22)15-9-10-17(20-12-15)19-11-14-7-4-6-13-5-2-3-8-16(13)14/h2-10,12,18H,11H2,1H3,(H,19,20). The average Bonchev–Trinajstić information content (AvgIpc) is 2.60. The van der Waals surface area contributed by atoms with Crippen molar-refractivity contribution in [2.75, 3.05) is 12.4 Å². The summed E-state index contributed by atoms with van der Waals surface area (Å²) in [5.74, 6) is 0.632. The highest BCUT2D eigenvalue weighted by Crippen LogP contribution is 2.19. The van der Waals surface area contributed by atoms with Crippen molar-refractivity contribution in [1.82, 2.24) is 9.71 Å². The number of aromatic nitrogens is 1. The Balaban J connectivity index is 1.78. The van der Waals surface area contributed by atoms with Crippen LogP contribution < -0.4 is 10.0 Å². The minimum atomic E-state index is -3.45. The summed E-state index contributed by atoms with van der Waals surface area (Å²) in [6, 6.07) is 17.6. The molecule has 0 radical (unpaired) electrons. The molecule has 0 bridgehead atoms. The van der Waals surface area contributed by atoms with E-state index in [4.69, 9.17) is 0 Å². The predicted octanol–water partition coefficient (Wildman–Crippen LogP) is 2.76. The molecule has 1 aromatic heterocycles. The topological polar surface area (TPSA) is 71.1 Å². The molecule has 0 saturated carbocycles. The number of rotatable bonds is 5. The summed E-state index contributed by atoms with van der Waals surface area (Å²) in [6.07, 6.45) is 1.34. The van der Waals surface area contributed by atoms with Crippen molar-refractivity contribution in [3.8, 4) is 0 Å². The summed E-state index contributed by atoms with van der Waals surface area (Å²) >= 11 is 0. The van der Waals surface area contributed by atoms with Crippen LogP contribution in [0.25, 0.3) is 10.8 Å². The second kappa shape index (κ2) is 6.36. The van der Waals surface area contributed by atoms with Crippen LogP contribution in [0.4, 0.5) is 5.82 Å². The normalized spacial score (nSPS) is 11.5. The van der Waals surface area contributed by atoms with E-state index in [1.807, 2.05) is 18.2 Å². The molecule has 6 heteroatoms. The summed E-state index contributed by atoms with van der Waals surface area (Å²) in [6.45, 7) is 0.618. The van der Waals surface area contributed by atoms with Gasteiger partial charge in [-0.25, -0.2) is 18.1 Å². The van der Waals surface area contributed by atoms with Crippen molar-refractivity contribution in [2.45, 2.75) is 11.4 Å². The van der Waals surface area contributed by atoms with Gasteiger partial charge in [-0.15, -0.1) is 0 Å². The molecule has 118 valence electrons. The molecule has 0 spiro atoms. The summed E-state index contributed by atoms with van der Waals surface area (Å²) in [5.41, 5.74) is 1.16. The zero-order valence-corrected chi connectivity index (χ0v) is 13.5. The first-order valence-electron chi connectivity index (χ1n) is 7.20. The Labute approximate surface area is 135 Å². The molecule has 1 heterocycles. The molecule has 23 heavy (non-hydrogen) atoms. The molecule has 0 unspecified atom stereocenters. The van der Waals surface area contributed by atoms with Gasteiger partial charge in [0.15, 0.2) is 0 Å².